The first-order valence-electron chi connectivity index (χ1n) is 11.5. The number of rotatable bonds is 7. The molecule has 2 amide bonds. The quantitative estimate of drug-likeness (QED) is 0.663. The molecule has 7 heteroatoms. The normalized spacial score (nSPS) is 28.5. The van der Waals surface area contributed by atoms with Crippen LogP contribution in [-0.4, -0.2) is 22.0 Å². The number of amides is 2. The third kappa shape index (κ3) is 4.25. The first-order valence-corrected chi connectivity index (χ1v) is 12.4. The second-order valence-corrected chi connectivity index (χ2v) is 10.8. The highest BCUT2D eigenvalue weighted by molar-refractivity contribution is 7.15. The molecule has 4 aliphatic carbocycles. The lowest BCUT2D eigenvalue weighted by molar-refractivity contribution is -0.146. The molecule has 1 aromatic carbocycles. The molecule has 164 valence electrons. The summed E-state index contributed by atoms with van der Waals surface area (Å²) in [6.45, 7) is 2.60. The van der Waals surface area contributed by atoms with Crippen molar-refractivity contribution in [2.24, 2.45) is 23.2 Å². The van der Waals surface area contributed by atoms with E-state index < -0.39 is 0 Å². The summed E-state index contributed by atoms with van der Waals surface area (Å²) in [6, 6.07) is 7.43. The predicted octanol–water partition coefficient (Wildman–Crippen LogP) is 4.58. The van der Waals surface area contributed by atoms with Crippen molar-refractivity contribution in [1.29, 1.82) is 0 Å². The van der Waals surface area contributed by atoms with Gasteiger partial charge in [0.25, 0.3) is 5.91 Å². The van der Waals surface area contributed by atoms with E-state index in [-0.39, 0.29) is 17.2 Å². The number of benzene rings is 1. The number of nitrogens with zero attached hydrogens (tertiary/aromatic N) is 2. The van der Waals surface area contributed by atoms with Gasteiger partial charge < -0.3 is 5.32 Å². The van der Waals surface area contributed by atoms with Crippen molar-refractivity contribution < 1.29 is 9.59 Å². The highest BCUT2D eigenvalue weighted by atomic mass is 32.1. The van der Waals surface area contributed by atoms with Crippen LogP contribution >= 0.6 is 11.3 Å². The van der Waals surface area contributed by atoms with Gasteiger partial charge in [0, 0.05) is 23.9 Å². The lowest BCUT2D eigenvalue weighted by Crippen LogP contribution is -2.53. The van der Waals surface area contributed by atoms with Crippen LogP contribution in [0.3, 0.4) is 0 Å². The fraction of sp³-hybridized carbons (Fsp3) is 0.583. The topological polar surface area (TPSA) is 84.0 Å². The number of anilines is 1. The molecule has 4 bridgehead atoms. The second kappa shape index (κ2) is 8.34. The monoisotopic (exact) mass is 438 g/mol. The van der Waals surface area contributed by atoms with E-state index in [9.17, 15) is 9.59 Å². The molecule has 1 heterocycles. The van der Waals surface area contributed by atoms with Crippen molar-refractivity contribution in [1.82, 2.24) is 15.5 Å². The molecule has 2 aromatic rings. The van der Waals surface area contributed by atoms with Gasteiger partial charge in [-0.25, -0.2) is 0 Å². The lowest BCUT2D eigenvalue weighted by atomic mass is 9.49. The molecule has 0 unspecified atom stereocenters. The maximum Gasteiger partial charge on any atom is 0.257 e. The Kier molecular flexibility index (Phi) is 5.54. The van der Waals surface area contributed by atoms with Gasteiger partial charge in [0.2, 0.25) is 11.0 Å². The van der Waals surface area contributed by atoms with Crippen molar-refractivity contribution in [3.05, 3.63) is 40.4 Å². The van der Waals surface area contributed by atoms with Gasteiger partial charge in [-0.05, 0) is 80.4 Å². The molecular weight excluding hydrogens is 408 g/mol. The van der Waals surface area contributed by atoms with Crippen molar-refractivity contribution in [2.75, 3.05) is 5.32 Å². The smallest absolute Gasteiger partial charge is 0.257 e. The first-order chi connectivity index (χ1) is 15.0. The Bertz CT molecular complexity index is 933. The van der Waals surface area contributed by atoms with E-state index in [0.29, 0.717) is 17.2 Å². The summed E-state index contributed by atoms with van der Waals surface area (Å²) < 4.78 is 0. The fourth-order valence-electron chi connectivity index (χ4n) is 6.32. The minimum Gasteiger partial charge on any atom is -0.352 e. The number of nitrogens with one attached hydrogen (secondary N) is 2. The van der Waals surface area contributed by atoms with Crippen molar-refractivity contribution >= 4 is 28.3 Å². The van der Waals surface area contributed by atoms with E-state index in [4.69, 9.17) is 0 Å². The standard InChI is InChI=1S/C24H30N4O2S/c1-2-3-20-27-28-23(31-20)26-21(29)19-6-4-15(5-7-19)14-25-22(30)24-11-16-8-17(12-24)10-18(9-16)13-24/h4-7,16-18H,2-3,8-14H2,1H3,(H,25,30)(H,26,28,29). The second-order valence-electron chi connectivity index (χ2n) is 9.78. The highest BCUT2D eigenvalue weighted by Crippen LogP contribution is 2.60. The number of carbonyl (C=O) groups is 2. The summed E-state index contributed by atoms with van der Waals surface area (Å²) in [5.74, 6) is 2.35. The molecule has 0 spiro atoms. The van der Waals surface area contributed by atoms with Crippen LogP contribution in [0.4, 0.5) is 5.13 Å². The van der Waals surface area contributed by atoms with Crippen LogP contribution in [0, 0.1) is 23.2 Å². The Balaban J connectivity index is 1.16. The number of aromatic nitrogens is 2. The van der Waals surface area contributed by atoms with E-state index in [0.717, 1.165) is 60.4 Å². The summed E-state index contributed by atoms with van der Waals surface area (Å²) in [4.78, 5) is 25.6. The number of carbonyl (C=O) groups excluding carboxylic acids is 2. The molecule has 0 atom stereocenters. The number of hydrogen-bond donors (Lipinski definition) is 2. The first kappa shape index (κ1) is 20.6. The van der Waals surface area contributed by atoms with Gasteiger partial charge in [-0.1, -0.05) is 30.4 Å². The Labute approximate surface area is 187 Å². The van der Waals surface area contributed by atoms with Crippen LogP contribution in [0.1, 0.15) is 72.8 Å². The molecule has 2 N–H and O–H groups in total. The lowest BCUT2D eigenvalue weighted by Gasteiger charge is -2.55. The third-order valence-corrected chi connectivity index (χ3v) is 8.24. The maximum absolute atomic E-state index is 13.1. The summed E-state index contributed by atoms with van der Waals surface area (Å²) in [5, 5.41) is 15.6. The van der Waals surface area contributed by atoms with Crippen molar-refractivity contribution in [3.8, 4) is 0 Å². The molecule has 0 aliphatic heterocycles. The molecule has 6 rings (SSSR count). The highest BCUT2D eigenvalue weighted by Gasteiger charge is 2.54. The summed E-state index contributed by atoms with van der Waals surface area (Å²) in [5.41, 5.74) is 1.46. The molecule has 31 heavy (non-hydrogen) atoms. The molecule has 6 nitrogen and oxygen atoms in total. The van der Waals surface area contributed by atoms with Gasteiger partial charge in [0.1, 0.15) is 5.01 Å². The molecule has 4 saturated carbocycles. The average Bonchev–Trinajstić information content (AvgIpc) is 3.18. The van der Waals surface area contributed by atoms with Crippen LogP contribution in [0.15, 0.2) is 24.3 Å². The Hall–Kier alpha value is -2.28. The predicted molar refractivity (Wildman–Crippen MR) is 121 cm³/mol. The molecule has 1 aromatic heterocycles. The summed E-state index contributed by atoms with van der Waals surface area (Å²) in [7, 11) is 0. The maximum atomic E-state index is 13.1. The van der Waals surface area contributed by atoms with E-state index >= 15 is 0 Å². The van der Waals surface area contributed by atoms with Crippen LogP contribution in [0.25, 0.3) is 0 Å². The fourth-order valence-corrected chi connectivity index (χ4v) is 7.16. The Morgan fingerprint density at radius 2 is 1.68 bits per heavy atom. The summed E-state index contributed by atoms with van der Waals surface area (Å²) >= 11 is 1.42. The van der Waals surface area contributed by atoms with Gasteiger partial charge in [0.15, 0.2) is 0 Å². The van der Waals surface area contributed by atoms with Crippen molar-refractivity contribution in [2.45, 2.75) is 64.8 Å². The zero-order valence-electron chi connectivity index (χ0n) is 18.0. The zero-order chi connectivity index (χ0) is 21.4. The van der Waals surface area contributed by atoms with Gasteiger partial charge in [0.05, 0.1) is 0 Å². The minimum absolute atomic E-state index is 0.118. The van der Waals surface area contributed by atoms with Gasteiger partial charge in [-0.15, -0.1) is 10.2 Å². The van der Waals surface area contributed by atoms with Gasteiger partial charge in [-0.2, -0.15) is 0 Å². The third-order valence-electron chi connectivity index (χ3n) is 7.34. The van der Waals surface area contributed by atoms with E-state index in [2.05, 4.69) is 27.8 Å². The van der Waals surface area contributed by atoms with Crippen LogP contribution in [-0.2, 0) is 17.8 Å². The van der Waals surface area contributed by atoms with Crippen LogP contribution in [0.2, 0.25) is 0 Å². The van der Waals surface area contributed by atoms with Gasteiger partial charge in [-0.3, -0.25) is 14.9 Å². The Morgan fingerprint density at radius 1 is 1.03 bits per heavy atom. The Morgan fingerprint density at radius 3 is 2.29 bits per heavy atom. The molecule has 0 radical (unpaired) electrons. The van der Waals surface area contributed by atoms with E-state index in [1.54, 1.807) is 12.1 Å². The zero-order valence-corrected chi connectivity index (χ0v) is 18.8. The number of aryl methyl sites for hydroxylation is 1. The van der Waals surface area contributed by atoms with E-state index in [1.165, 1.54) is 30.6 Å². The van der Waals surface area contributed by atoms with Gasteiger partial charge >= 0.3 is 0 Å². The van der Waals surface area contributed by atoms with Crippen LogP contribution < -0.4 is 10.6 Å². The molecule has 0 saturated heterocycles. The average molecular weight is 439 g/mol. The minimum atomic E-state index is -0.191. The molecular formula is C24H30N4O2S. The largest absolute Gasteiger partial charge is 0.352 e. The SMILES string of the molecule is CCCc1nnc(NC(=O)c2ccc(CNC(=O)C34CC5CC(CC(C5)C3)C4)cc2)s1. The molecule has 4 fully saturated rings. The van der Waals surface area contributed by atoms with Crippen molar-refractivity contribution in [3.63, 3.8) is 0 Å². The number of hydrogen-bond acceptors (Lipinski definition) is 5. The van der Waals surface area contributed by atoms with E-state index in [1.807, 2.05) is 12.1 Å². The summed E-state index contributed by atoms with van der Waals surface area (Å²) in [6.07, 6.45) is 9.13. The molecule has 4 aliphatic rings. The van der Waals surface area contributed by atoms with Crippen LogP contribution in [0.5, 0.6) is 0 Å².